The lowest BCUT2D eigenvalue weighted by Crippen LogP contribution is -2.09. The summed E-state index contributed by atoms with van der Waals surface area (Å²) in [7, 11) is 0. The van der Waals surface area contributed by atoms with Gasteiger partial charge in [0.2, 0.25) is 5.88 Å². The molecule has 0 aliphatic rings. The number of hydrogen-bond donors (Lipinski definition) is 0. The number of rotatable bonds is 2. The minimum absolute atomic E-state index is 0.0813. The van der Waals surface area contributed by atoms with Crippen LogP contribution in [-0.2, 0) is 11.0 Å². The van der Waals surface area contributed by atoms with Gasteiger partial charge < -0.3 is 4.74 Å². The van der Waals surface area contributed by atoms with E-state index in [2.05, 4.69) is 9.72 Å². The van der Waals surface area contributed by atoms with Crippen LogP contribution < -0.4 is 4.74 Å². The Labute approximate surface area is 83.9 Å². The third-order valence-corrected chi connectivity index (χ3v) is 1.57. The number of ether oxygens (including phenoxy) is 1. The summed E-state index contributed by atoms with van der Waals surface area (Å²) in [5.74, 6) is -0.960. The van der Waals surface area contributed by atoms with Gasteiger partial charge in [-0.3, -0.25) is 4.79 Å². The number of pyridine rings is 1. The van der Waals surface area contributed by atoms with Crippen molar-refractivity contribution in [2.45, 2.75) is 19.5 Å². The van der Waals surface area contributed by atoms with E-state index in [0.717, 1.165) is 12.3 Å². The Morgan fingerprint density at radius 1 is 1.53 bits per heavy atom. The fraction of sp³-hybridized carbons (Fsp3) is 0.333. The zero-order valence-electron chi connectivity index (χ0n) is 7.84. The quantitative estimate of drug-likeness (QED) is 0.717. The SMILES string of the molecule is CCC(=O)Oc1cc(C(F)(F)F)ccn1. The lowest BCUT2D eigenvalue weighted by molar-refractivity contribution is -0.139. The molecule has 0 aromatic carbocycles. The molecule has 1 heterocycles. The van der Waals surface area contributed by atoms with Crippen LogP contribution in [0.2, 0.25) is 0 Å². The molecule has 6 heteroatoms. The van der Waals surface area contributed by atoms with Crippen molar-refractivity contribution in [2.75, 3.05) is 0 Å². The molecule has 82 valence electrons. The van der Waals surface area contributed by atoms with Gasteiger partial charge in [-0.05, 0) is 6.07 Å². The average molecular weight is 219 g/mol. The van der Waals surface area contributed by atoms with E-state index in [1.54, 1.807) is 0 Å². The molecule has 0 bridgehead atoms. The highest BCUT2D eigenvalue weighted by Crippen LogP contribution is 2.30. The second-order valence-electron chi connectivity index (χ2n) is 2.71. The molecule has 0 radical (unpaired) electrons. The lowest BCUT2D eigenvalue weighted by atomic mass is 10.2. The van der Waals surface area contributed by atoms with Gasteiger partial charge in [0.05, 0.1) is 5.56 Å². The summed E-state index contributed by atoms with van der Waals surface area (Å²) in [5, 5.41) is 0. The number of hydrogen-bond acceptors (Lipinski definition) is 3. The zero-order valence-corrected chi connectivity index (χ0v) is 7.84. The highest BCUT2D eigenvalue weighted by atomic mass is 19.4. The topological polar surface area (TPSA) is 39.2 Å². The van der Waals surface area contributed by atoms with Crippen LogP contribution in [-0.4, -0.2) is 11.0 Å². The smallest absolute Gasteiger partial charge is 0.407 e. The molecule has 15 heavy (non-hydrogen) atoms. The van der Waals surface area contributed by atoms with Gasteiger partial charge in [-0.15, -0.1) is 0 Å². The molecule has 0 aliphatic carbocycles. The first kappa shape index (κ1) is 11.5. The van der Waals surface area contributed by atoms with Gasteiger partial charge in [-0.25, -0.2) is 4.98 Å². The number of halogens is 3. The Morgan fingerprint density at radius 3 is 2.73 bits per heavy atom. The van der Waals surface area contributed by atoms with Crippen molar-refractivity contribution in [1.29, 1.82) is 0 Å². The van der Waals surface area contributed by atoms with Gasteiger partial charge in [0.1, 0.15) is 0 Å². The molecule has 0 amide bonds. The molecule has 1 aromatic rings. The molecule has 0 unspecified atom stereocenters. The van der Waals surface area contributed by atoms with Crippen molar-refractivity contribution in [3.05, 3.63) is 23.9 Å². The van der Waals surface area contributed by atoms with Crippen LogP contribution in [0.4, 0.5) is 13.2 Å². The van der Waals surface area contributed by atoms with E-state index < -0.39 is 17.7 Å². The van der Waals surface area contributed by atoms with Gasteiger partial charge in [-0.2, -0.15) is 13.2 Å². The number of carbonyl (C=O) groups excluding carboxylic acids is 1. The average Bonchev–Trinajstić information content (AvgIpc) is 2.17. The molecule has 0 fully saturated rings. The van der Waals surface area contributed by atoms with Gasteiger partial charge in [-0.1, -0.05) is 6.92 Å². The predicted octanol–water partition coefficient (Wildman–Crippen LogP) is 2.42. The van der Waals surface area contributed by atoms with Gasteiger partial charge in [0, 0.05) is 18.7 Å². The molecular formula is C9H8F3NO2. The second-order valence-corrected chi connectivity index (χ2v) is 2.71. The molecule has 0 aliphatic heterocycles. The maximum atomic E-state index is 12.2. The molecule has 0 saturated heterocycles. The largest absolute Gasteiger partial charge is 0.416 e. The molecule has 3 nitrogen and oxygen atoms in total. The van der Waals surface area contributed by atoms with Crippen LogP contribution in [0.25, 0.3) is 0 Å². The summed E-state index contributed by atoms with van der Waals surface area (Å²) >= 11 is 0. The van der Waals surface area contributed by atoms with E-state index in [-0.39, 0.29) is 12.3 Å². The highest BCUT2D eigenvalue weighted by Gasteiger charge is 2.31. The van der Waals surface area contributed by atoms with Crippen molar-refractivity contribution in [2.24, 2.45) is 0 Å². The summed E-state index contributed by atoms with van der Waals surface area (Å²) in [6.07, 6.45) is -3.44. The van der Waals surface area contributed by atoms with Crippen molar-refractivity contribution >= 4 is 5.97 Å². The number of nitrogens with zero attached hydrogens (tertiary/aromatic N) is 1. The van der Waals surface area contributed by atoms with Gasteiger partial charge >= 0.3 is 12.1 Å². The zero-order chi connectivity index (χ0) is 11.5. The minimum Gasteiger partial charge on any atom is -0.407 e. The maximum Gasteiger partial charge on any atom is 0.416 e. The predicted molar refractivity (Wildman–Crippen MR) is 45.2 cm³/mol. The Bertz CT molecular complexity index is 363. The fourth-order valence-corrected chi connectivity index (χ4v) is 0.830. The first-order valence-electron chi connectivity index (χ1n) is 4.17. The molecule has 0 spiro atoms. The molecule has 0 saturated carbocycles. The number of aromatic nitrogens is 1. The Balaban J connectivity index is 2.88. The van der Waals surface area contributed by atoms with E-state index in [1.807, 2.05) is 0 Å². The third-order valence-electron chi connectivity index (χ3n) is 1.57. The van der Waals surface area contributed by atoms with Crippen molar-refractivity contribution in [3.63, 3.8) is 0 Å². The number of alkyl halides is 3. The van der Waals surface area contributed by atoms with Crippen LogP contribution in [0.3, 0.4) is 0 Å². The second kappa shape index (κ2) is 4.29. The normalized spacial score (nSPS) is 11.2. The van der Waals surface area contributed by atoms with Crippen molar-refractivity contribution < 1.29 is 22.7 Å². The monoisotopic (exact) mass is 219 g/mol. The summed E-state index contributed by atoms with van der Waals surface area (Å²) in [4.78, 5) is 14.3. The van der Waals surface area contributed by atoms with Crippen LogP contribution in [0.15, 0.2) is 18.3 Å². The van der Waals surface area contributed by atoms with E-state index in [9.17, 15) is 18.0 Å². The summed E-state index contributed by atoms with van der Waals surface area (Å²) in [6, 6.07) is 1.50. The highest BCUT2D eigenvalue weighted by molar-refractivity contribution is 5.71. The number of carbonyl (C=O) groups is 1. The van der Waals surface area contributed by atoms with Crippen LogP contribution in [0, 0.1) is 0 Å². The standard InChI is InChI=1S/C9H8F3NO2/c1-2-8(14)15-7-5-6(3-4-13-7)9(10,11)12/h3-5H,2H2,1H3. The molecule has 0 N–H and O–H groups in total. The van der Waals surface area contributed by atoms with E-state index in [4.69, 9.17) is 0 Å². The van der Waals surface area contributed by atoms with E-state index >= 15 is 0 Å². The van der Waals surface area contributed by atoms with Crippen molar-refractivity contribution in [3.8, 4) is 5.88 Å². The molecule has 1 rings (SSSR count). The van der Waals surface area contributed by atoms with Gasteiger partial charge in [0.15, 0.2) is 0 Å². The maximum absolute atomic E-state index is 12.2. The summed E-state index contributed by atoms with van der Waals surface area (Å²) < 4.78 is 41.2. The van der Waals surface area contributed by atoms with Crippen LogP contribution in [0.1, 0.15) is 18.9 Å². The van der Waals surface area contributed by atoms with E-state index in [0.29, 0.717) is 6.07 Å². The molecule has 0 atom stereocenters. The van der Waals surface area contributed by atoms with E-state index in [1.165, 1.54) is 6.92 Å². The van der Waals surface area contributed by atoms with Crippen molar-refractivity contribution in [1.82, 2.24) is 4.98 Å². The number of esters is 1. The van der Waals surface area contributed by atoms with Crippen LogP contribution >= 0.6 is 0 Å². The summed E-state index contributed by atoms with van der Waals surface area (Å²) in [5.41, 5.74) is -0.892. The van der Waals surface area contributed by atoms with Crippen LogP contribution in [0.5, 0.6) is 5.88 Å². The lowest BCUT2D eigenvalue weighted by Gasteiger charge is -2.07. The summed E-state index contributed by atoms with van der Waals surface area (Å²) in [6.45, 7) is 1.54. The molecule has 1 aromatic heterocycles. The third kappa shape index (κ3) is 3.23. The first-order valence-corrected chi connectivity index (χ1v) is 4.17. The van der Waals surface area contributed by atoms with Gasteiger partial charge in [0.25, 0.3) is 0 Å². The minimum atomic E-state index is -4.46. The first-order chi connectivity index (χ1) is 6.93. The Kier molecular flexibility index (Phi) is 3.28. The Hall–Kier alpha value is -1.59. The fourth-order valence-electron chi connectivity index (χ4n) is 0.830. The Morgan fingerprint density at radius 2 is 2.20 bits per heavy atom. The molecular weight excluding hydrogens is 211 g/mol.